The molecule has 0 aromatic heterocycles. The third-order valence-electron chi connectivity index (χ3n) is 10.2. The number of rotatable bonds is 9. The van der Waals surface area contributed by atoms with Gasteiger partial charge in [-0.3, -0.25) is 0 Å². The maximum atomic E-state index is 10.8. The predicted octanol–water partition coefficient (Wildman–Crippen LogP) is -2.03. The van der Waals surface area contributed by atoms with Crippen LogP contribution in [0.15, 0.2) is 42.5 Å². The molecule has 7 rings (SSSR count). The van der Waals surface area contributed by atoms with Crippen LogP contribution < -0.4 is 9.47 Å². The maximum Gasteiger partial charge on any atom is 0.229 e. The fourth-order valence-electron chi connectivity index (χ4n) is 6.82. The van der Waals surface area contributed by atoms with Gasteiger partial charge in [-0.05, 0) is 67.5 Å². The van der Waals surface area contributed by atoms with Crippen LogP contribution in [-0.4, -0.2) is 163 Å². The van der Waals surface area contributed by atoms with Crippen molar-refractivity contribution in [2.24, 2.45) is 0 Å². The molecule has 17 heteroatoms. The molecule has 3 fully saturated rings. The summed E-state index contributed by atoms with van der Waals surface area (Å²) in [6.45, 7) is -2.11. The lowest BCUT2D eigenvalue weighted by molar-refractivity contribution is -0.319. The third kappa shape index (κ3) is 9.12. The zero-order valence-corrected chi connectivity index (χ0v) is 28.9. The normalized spacial score (nSPS) is 39.5. The number of ether oxygens (including phenoxy) is 7. The van der Waals surface area contributed by atoms with Crippen LogP contribution in [0.5, 0.6) is 17.2 Å². The highest BCUT2D eigenvalue weighted by molar-refractivity contribution is 5.46. The Bertz CT molecular complexity index is 1460. The molecule has 0 aliphatic carbocycles. The largest absolute Gasteiger partial charge is 0.458 e. The van der Waals surface area contributed by atoms with Gasteiger partial charge >= 0.3 is 0 Å². The van der Waals surface area contributed by atoms with E-state index in [1.807, 2.05) is 18.2 Å². The van der Waals surface area contributed by atoms with Gasteiger partial charge in [0.2, 0.25) is 6.29 Å². The Morgan fingerprint density at radius 3 is 2.08 bits per heavy atom. The minimum absolute atomic E-state index is 0.209. The topological polar surface area (TPSA) is 267 Å². The number of hydrogen-bond acceptors (Lipinski definition) is 17. The smallest absolute Gasteiger partial charge is 0.229 e. The molecule has 5 heterocycles. The molecule has 0 amide bonds. The van der Waals surface area contributed by atoms with Crippen LogP contribution >= 0.6 is 0 Å². The SMILES string of the molecule is OC[C@H]1O[C@@H](Oc2ccc3cc2Oc2ccc(cc2)CC[C@H](O[C@@H]2O[C@H](CO[C@@H]4OC[C@](O)(CO)[C@H]4O)[C@@H](O)[C@H](O)[C@H]2O)CCCC3)[C@H](O)[C@@H](O)[C@@H]1O. The molecular weight excluding hydrogens is 704 g/mol. The Hall–Kier alpha value is -2.56. The molecular formula is C36H50O17. The summed E-state index contributed by atoms with van der Waals surface area (Å²) in [6, 6.07) is 12.6. The van der Waals surface area contributed by atoms with E-state index in [0.29, 0.717) is 43.6 Å². The van der Waals surface area contributed by atoms with E-state index in [9.17, 15) is 51.1 Å². The molecule has 0 radical (unpaired) electrons. The van der Waals surface area contributed by atoms with Crippen molar-refractivity contribution >= 4 is 0 Å². The fourth-order valence-corrected chi connectivity index (χ4v) is 6.82. The first-order chi connectivity index (χ1) is 25.4. The first-order valence-electron chi connectivity index (χ1n) is 17.9. The predicted molar refractivity (Wildman–Crippen MR) is 179 cm³/mol. The molecule has 5 aliphatic heterocycles. The second kappa shape index (κ2) is 17.5. The van der Waals surface area contributed by atoms with Gasteiger partial charge in [0.15, 0.2) is 24.1 Å². The number of aryl methyl sites for hydroxylation is 2. The second-order valence-electron chi connectivity index (χ2n) is 14.1. The Labute approximate surface area is 305 Å². The molecule has 10 N–H and O–H groups in total. The molecule has 3 saturated heterocycles. The van der Waals surface area contributed by atoms with Gasteiger partial charge in [0.05, 0.1) is 32.5 Å². The number of aliphatic hydroxyl groups excluding tert-OH is 9. The van der Waals surface area contributed by atoms with Crippen molar-refractivity contribution in [3.63, 3.8) is 0 Å². The lowest BCUT2D eigenvalue weighted by Gasteiger charge is -2.41. The van der Waals surface area contributed by atoms with Gasteiger partial charge in [-0.2, -0.15) is 0 Å². The van der Waals surface area contributed by atoms with Crippen molar-refractivity contribution in [2.75, 3.05) is 26.4 Å². The Kier molecular flexibility index (Phi) is 13.2. The first-order valence-corrected chi connectivity index (χ1v) is 17.9. The lowest BCUT2D eigenvalue weighted by atomic mass is 9.98. The lowest BCUT2D eigenvalue weighted by Crippen LogP contribution is -2.60. The Balaban J connectivity index is 1.11. The zero-order valence-electron chi connectivity index (χ0n) is 28.9. The summed E-state index contributed by atoms with van der Waals surface area (Å²) in [4.78, 5) is 0. The number of aliphatic hydroxyl groups is 10. The van der Waals surface area contributed by atoms with Crippen molar-refractivity contribution < 1.29 is 84.2 Å². The minimum atomic E-state index is -1.91. The van der Waals surface area contributed by atoms with E-state index >= 15 is 0 Å². The summed E-state index contributed by atoms with van der Waals surface area (Å²) in [7, 11) is 0. The van der Waals surface area contributed by atoms with E-state index in [4.69, 9.17) is 33.2 Å². The summed E-state index contributed by atoms with van der Waals surface area (Å²) in [5.74, 6) is 1.02. The summed E-state index contributed by atoms with van der Waals surface area (Å²) in [5, 5.41) is 103. The number of fused-ring (bicyclic) bond motifs is 8. The molecule has 296 valence electrons. The first kappa shape index (κ1) is 40.1. The maximum absolute atomic E-state index is 10.8. The highest BCUT2D eigenvalue weighted by atomic mass is 16.7. The molecule has 14 atom stereocenters. The van der Waals surface area contributed by atoms with Crippen LogP contribution in [-0.2, 0) is 36.5 Å². The number of hydrogen-bond donors (Lipinski definition) is 10. The van der Waals surface area contributed by atoms with Crippen LogP contribution in [0.3, 0.4) is 0 Å². The van der Waals surface area contributed by atoms with Gasteiger partial charge < -0.3 is 84.2 Å². The molecule has 5 aliphatic rings. The van der Waals surface area contributed by atoms with Crippen LogP contribution in [0, 0.1) is 0 Å². The third-order valence-corrected chi connectivity index (χ3v) is 10.2. The van der Waals surface area contributed by atoms with Gasteiger partial charge in [0, 0.05) is 0 Å². The van der Waals surface area contributed by atoms with E-state index in [0.717, 1.165) is 17.5 Å². The average Bonchev–Trinajstić information content (AvgIpc) is 3.45. The highest BCUT2D eigenvalue weighted by Gasteiger charge is 2.50. The Morgan fingerprint density at radius 1 is 0.698 bits per heavy atom. The molecule has 2 aromatic carbocycles. The van der Waals surface area contributed by atoms with Gasteiger partial charge in [0.25, 0.3) is 0 Å². The molecule has 2 aromatic rings. The van der Waals surface area contributed by atoms with E-state index in [-0.39, 0.29) is 19.0 Å². The van der Waals surface area contributed by atoms with Gasteiger partial charge in [-0.1, -0.05) is 24.6 Å². The number of benzene rings is 2. The summed E-state index contributed by atoms with van der Waals surface area (Å²) in [5.41, 5.74) is -0.0459. The summed E-state index contributed by atoms with van der Waals surface area (Å²) < 4.78 is 40.6. The van der Waals surface area contributed by atoms with E-state index in [1.54, 1.807) is 24.3 Å². The fraction of sp³-hybridized carbons (Fsp3) is 0.667. The van der Waals surface area contributed by atoms with Crippen molar-refractivity contribution in [3.05, 3.63) is 53.6 Å². The van der Waals surface area contributed by atoms with Crippen LogP contribution in [0.1, 0.15) is 36.8 Å². The van der Waals surface area contributed by atoms with Crippen molar-refractivity contribution in [3.8, 4) is 17.2 Å². The molecule has 0 saturated carbocycles. The molecule has 4 bridgehead atoms. The summed E-state index contributed by atoms with van der Waals surface area (Å²) >= 11 is 0. The standard InChI is InChI=1S/C36H50O17/c37-14-24-26(39)28(41)31(44)34(52-24)51-22-12-8-19-3-1-2-4-20(9-5-18-6-10-21(11-7-18)49-23(22)13-19)50-33-30(43)29(42)27(40)25(53-33)15-47-35-32(45)36(46,16-38)17-48-35/h6-8,10-13,20,24-35,37-46H,1-5,9,14-17H2/t20-,24-,25-,26-,27-,28+,29+,30-,31-,32+,33-,34-,35-,36-/m1/s1. The van der Waals surface area contributed by atoms with Crippen molar-refractivity contribution in [1.29, 1.82) is 0 Å². The summed E-state index contributed by atoms with van der Waals surface area (Å²) in [6.07, 6.45) is -14.1. The van der Waals surface area contributed by atoms with E-state index in [1.165, 1.54) is 0 Å². The quantitative estimate of drug-likeness (QED) is 0.132. The zero-order chi connectivity index (χ0) is 37.9. The molecule has 53 heavy (non-hydrogen) atoms. The van der Waals surface area contributed by atoms with Gasteiger partial charge in [-0.25, -0.2) is 0 Å². The molecule has 0 unspecified atom stereocenters. The van der Waals surface area contributed by atoms with Gasteiger partial charge in [-0.15, -0.1) is 0 Å². The highest BCUT2D eigenvalue weighted by Crippen LogP contribution is 2.36. The monoisotopic (exact) mass is 754 g/mol. The molecule has 0 spiro atoms. The van der Waals surface area contributed by atoms with Crippen LogP contribution in [0.4, 0.5) is 0 Å². The second-order valence-corrected chi connectivity index (χ2v) is 14.1. The average molecular weight is 755 g/mol. The van der Waals surface area contributed by atoms with Crippen molar-refractivity contribution in [1.82, 2.24) is 0 Å². The van der Waals surface area contributed by atoms with Crippen LogP contribution in [0.25, 0.3) is 0 Å². The van der Waals surface area contributed by atoms with E-state index in [2.05, 4.69) is 0 Å². The Morgan fingerprint density at radius 2 is 1.38 bits per heavy atom. The molecule has 17 nitrogen and oxygen atoms in total. The van der Waals surface area contributed by atoms with Crippen molar-refractivity contribution in [2.45, 2.75) is 124 Å². The minimum Gasteiger partial charge on any atom is -0.458 e. The van der Waals surface area contributed by atoms with Gasteiger partial charge in [0.1, 0.15) is 66.3 Å². The van der Waals surface area contributed by atoms with Crippen LogP contribution in [0.2, 0.25) is 0 Å². The van der Waals surface area contributed by atoms with E-state index < -0.39 is 98.7 Å².